The van der Waals surface area contributed by atoms with E-state index in [4.69, 9.17) is 0 Å². The summed E-state index contributed by atoms with van der Waals surface area (Å²) in [5.41, 5.74) is 3.57. The van der Waals surface area contributed by atoms with Gasteiger partial charge in [0.15, 0.2) is 0 Å². The van der Waals surface area contributed by atoms with Crippen LogP contribution in [0.5, 0.6) is 0 Å². The second-order valence-electron chi connectivity index (χ2n) is 7.50. The van der Waals surface area contributed by atoms with E-state index in [2.05, 4.69) is 15.1 Å². The summed E-state index contributed by atoms with van der Waals surface area (Å²) in [5.74, 6) is -0.314. The zero-order valence-electron chi connectivity index (χ0n) is 18.1. The predicted octanol–water partition coefficient (Wildman–Crippen LogP) is 3.95. The molecule has 0 aliphatic heterocycles. The Morgan fingerprint density at radius 2 is 1.55 bits per heavy atom. The molecule has 0 bridgehead atoms. The summed E-state index contributed by atoms with van der Waals surface area (Å²) in [7, 11) is -3.64. The second kappa shape index (κ2) is 9.81. The van der Waals surface area contributed by atoms with Crippen molar-refractivity contribution in [2.75, 3.05) is 11.9 Å². The van der Waals surface area contributed by atoms with Gasteiger partial charge >= 0.3 is 0 Å². The van der Waals surface area contributed by atoms with E-state index in [-0.39, 0.29) is 10.8 Å². The number of para-hydroxylation sites is 1. The van der Waals surface area contributed by atoms with Crippen LogP contribution in [-0.4, -0.2) is 30.7 Å². The number of sulfonamides is 1. The standard InChI is InChI=1S/C25H24N4O3S/c1-19-24(18-26-29(19)22-10-6-3-7-11-22)25(30)28-21-12-14-23(15-13-21)33(31,32)27-17-16-20-8-4-2-5-9-20/h2-15,18,27H,16-17H2,1H3,(H,28,30). The van der Waals surface area contributed by atoms with Crippen molar-refractivity contribution in [2.45, 2.75) is 18.2 Å². The van der Waals surface area contributed by atoms with Gasteiger partial charge in [0, 0.05) is 12.2 Å². The van der Waals surface area contributed by atoms with Gasteiger partial charge in [0.05, 0.1) is 28.0 Å². The Balaban J connectivity index is 1.39. The molecule has 0 spiro atoms. The minimum atomic E-state index is -3.64. The Morgan fingerprint density at radius 1 is 0.909 bits per heavy atom. The number of aromatic nitrogens is 2. The molecular weight excluding hydrogens is 436 g/mol. The van der Waals surface area contributed by atoms with E-state index in [1.807, 2.05) is 67.6 Å². The highest BCUT2D eigenvalue weighted by Gasteiger charge is 2.17. The maximum atomic E-state index is 12.7. The zero-order valence-corrected chi connectivity index (χ0v) is 18.9. The Morgan fingerprint density at radius 3 is 2.21 bits per heavy atom. The molecule has 4 aromatic rings. The molecule has 168 valence electrons. The Hall–Kier alpha value is -3.75. The molecule has 0 saturated carbocycles. The molecule has 1 amide bonds. The largest absolute Gasteiger partial charge is 0.322 e. The van der Waals surface area contributed by atoms with Crippen molar-refractivity contribution in [1.82, 2.24) is 14.5 Å². The fourth-order valence-electron chi connectivity index (χ4n) is 3.44. The van der Waals surface area contributed by atoms with E-state index in [9.17, 15) is 13.2 Å². The van der Waals surface area contributed by atoms with Crippen LogP contribution in [-0.2, 0) is 16.4 Å². The molecule has 4 rings (SSSR count). The van der Waals surface area contributed by atoms with Crippen LogP contribution >= 0.6 is 0 Å². The Labute approximate surface area is 193 Å². The third-order valence-corrected chi connectivity index (χ3v) is 6.70. The van der Waals surface area contributed by atoms with Crippen molar-refractivity contribution in [1.29, 1.82) is 0 Å². The first-order chi connectivity index (χ1) is 15.9. The molecule has 7 nitrogen and oxygen atoms in total. The first-order valence-electron chi connectivity index (χ1n) is 10.5. The van der Waals surface area contributed by atoms with E-state index < -0.39 is 10.0 Å². The number of nitrogens with zero attached hydrogens (tertiary/aromatic N) is 2. The molecule has 0 atom stereocenters. The number of nitrogens with one attached hydrogen (secondary N) is 2. The van der Waals surface area contributed by atoms with Crippen LogP contribution in [0.3, 0.4) is 0 Å². The molecule has 0 unspecified atom stereocenters. The zero-order chi connectivity index (χ0) is 23.3. The molecule has 2 N–H and O–H groups in total. The van der Waals surface area contributed by atoms with E-state index in [0.29, 0.717) is 29.9 Å². The minimum Gasteiger partial charge on any atom is -0.322 e. The van der Waals surface area contributed by atoms with Crippen molar-refractivity contribution >= 4 is 21.6 Å². The van der Waals surface area contributed by atoms with Crippen LogP contribution in [0.25, 0.3) is 5.69 Å². The maximum Gasteiger partial charge on any atom is 0.259 e. The summed E-state index contributed by atoms with van der Waals surface area (Å²) < 4.78 is 29.4. The van der Waals surface area contributed by atoms with Gasteiger partial charge in [-0.3, -0.25) is 4.79 Å². The quantitative estimate of drug-likeness (QED) is 0.416. The Bertz CT molecular complexity index is 1330. The molecule has 3 aromatic carbocycles. The van der Waals surface area contributed by atoms with Crippen molar-refractivity contribution in [3.8, 4) is 5.69 Å². The van der Waals surface area contributed by atoms with Crippen LogP contribution in [0, 0.1) is 6.92 Å². The van der Waals surface area contributed by atoms with Gasteiger partial charge < -0.3 is 5.32 Å². The third kappa shape index (κ3) is 5.36. The van der Waals surface area contributed by atoms with Gasteiger partial charge in [0.1, 0.15) is 0 Å². The average Bonchev–Trinajstić information content (AvgIpc) is 3.22. The fourth-order valence-corrected chi connectivity index (χ4v) is 4.47. The predicted molar refractivity (Wildman–Crippen MR) is 128 cm³/mol. The van der Waals surface area contributed by atoms with Gasteiger partial charge in [0.2, 0.25) is 10.0 Å². The summed E-state index contributed by atoms with van der Waals surface area (Å²) in [6.45, 7) is 2.13. The fraction of sp³-hybridized carbons (Fsp3) is 0.120. The number of carbonyl (C=O) groups excluding carboxylic acids is 1. The van der Waals surface area contributed by atoms with E-state index in [1.54, 1.807) is 16.8 Å². The SMILES string of the molecule is Cc1c(C(=O)Nc2ccc(S(=O)(=O)NCCc3ccccc3)cc2)cnn1-c1ccccc1. The van der Waals surface area contributed by atoms with E-state index in [0.717, 1.165) is 11.3 Å². The average molecular weight is 461 g/mol. The molecule has 0 radical (unpaired) electrons. The lowest BCUT2D eigenvalue weighted by Crippen LogP contribution is -2.26. The lowest BCUT2D eigenvalue weighted by atomic mass is 10.2. The number of anilines is 1. The summed E-state index contributed by atoms with van der Waals surface area (Å²) >= 11 is 0. The molecule has 0 fully saturated rings. The van der Waals surface area contributed by atoms with Gasteiger partial charge in [-0.05, 0) is 55.3 Å². The number of benzene rings is 3. The van der Waals surface area contributed by atoms with Gasteiger partial charge in [-0.2, -0.15) is 5.10 Å². The van der Waals surface area contributed by atoms with Crippen molar-refractivity contribution in [2.24, 2.45) is 0 Å². The first-order valence-corrected chi connectivity index (χ1v) is 12.0. The van der Waals surface area contributed by atoms with Crippen molar-refractivity contribution in [3.05, 3.63) is 108 Å². The molecule has 1 heterocycles. The lowest BCUT2D eigenvalue weighted by Gasteiger charge is -2.09. The summed E-state index contributed by atoms with van der Waals surface area (Å²) in [4.78, 5) is 12.9. The number of amides is 1. The monoisotopic (exact) mass is 460 g/mol. The third-order valence-electron chi connectivity index (χ3n) is 5.23. The smallest absolute Gasteiger partial charge is 0.259 e. The first kappa shape index (κ1) is 22.4. The maximum absolute atomic E-state index is 12.7. The van der Waals surface area contributed by atoms with E-state index >= 15 is 0 Å². The second-order valence-corrected chi connectivity index (χ2v) is 9.27. The van der Waals surface area contributed by atoms with Crippen LogP contribution in [0.1, 0.15) is 21.6 Å². The highest BCUT2D eigenvalue weighted by atomic mass is 32.2. The highest BCUT2D eigenvalue weighted by Crippen LogP contribution is 2.18. The molecule has 33 heavy (non-hydrogen) atoms. The van der Waals surface area contributed by atoms with Gasteiger partial charge in [-0.1, -0.05) is 48.5 Å². The summed E-state index contributed by atoms with van der Waals surface area (Å²) in [5, 5.41) is 7.11. The molecule has 0 aliphatic rings. The molecule has 0 saturated heterocycles. The van der Waals surface area contributed by atoms with Crippen LogP contribution in [0.15, 0.2) is 96.0 Å². The Kier molecular flexibility index (Phi) is 6.67. The highest BCUT2D eigenvalue weighted by molar-refractivity contribution is 7.89. The normalized spacial score (nSPS) is 11.3. The summed E-state index contributed by atoms with van der Waals surface area (Å²) in [6.07, 6.45) is 2.12. The molecule has 0 aliphatic carbocycles. The number of hydrogen-bond acceptors (Lipinski definition) is 4. The molecule has 1 aromatic heterocycles. The van der Waals surface area contributed by atoms with Gasteiger partial charge in [-0.25, -0.2) is 17.8 Å². The number of rotatable bonds is 8. The van der Waals surface area contributed by atoms with Gasteiger partial charge in [0.25, 0.3) is 5.91 Å². The van der Waals surface area contributed by atoms with Crippen molar-refractivity contribution < 1.29 is 13.2 Å². The van der Waals surface area contributed by atoms with Crippen LogP contribution in [0.4, 0.5) is 5.69 Å². The number of carbonyl (C=O) groups is 1. The van der Waals surface area contributed by atoms with E-state index in [1.165, 1.54) is 18.3 Å². The van der Waals surface area contributed by atoms with Crippen LogP contribution in [0.2, 0.25) is 0 Å². The number of hydrogen-bond donors (Lipinski definition) is 2. The topological polar surface area (TPSA) is 93.1 Å². The van der Waals surface area contributed by atoms with Gasteiger partial charge in [-0.15, -0.1) is 0 Å². The molecule has 8 heteroatoms. The van der Waals surface area contributed by atoms with Crippen LogP contribution < -0.4 is 10.0 Å². The summed E-state index contributed by atoms with van der Waals surface area (Å²) in [6, 6.07) is 25.3. The lowest BCUT2D eigenvalue weighted by molar-refractivity contribution is 0.102. The molecular formula is C25H24N4O3S. The minimum absolute atomic E-state index is 0.140. The van der Waals surface area contributed by atoms with Crippen molar-refractivity contribution in [3.63, 3.8) is 0 Å².